The van der Waals surface area contributed by atoms with E-state index in [9.17, 15) is 39.4 Å². The fourth-order valence-corrected chi connectivity index (χ4v) is 6.32. The van der Waals surface area contributed by atoms with E-state index in [1.807, 2.05) is 0 Å². The van der Waals surface area contributed by atoms with Crippen LogP contribution in [-0.2, 0) is 0 Å². The normalized spacial score (nSPS) is 13.3. The summed E-state index contributed by atoms with van der Waals surface area (Å²) in [6, 6.07) is 34.2. The van der Waals surface area contributed by atoms with Crippen molar-refractivity contribution in [3.05, 3.63) is 176 Å². The molecule has 0 radical (unpaired) electrons. The van der Waals surface area contributed by atoms with Gasteiger partial charge >= 0.3 is 0 Å². The Bertz CT molecular complexity index is 2370. The molecule has 13 nitrogen and oxygen atoms in total. The van der Waals surface area contributed by atoms with Crippen LogP contribution in [0.15, 0.2) is 133 Å². The van der Waals surface area contributed by atoms with E-state index >= 15 is 0 Å². The van der Waals surface area contributed by atoms with Gasteiger partial charge in [-0.2, -0.15) is 0 Å². The molecule has 4 amide bonds. The Morgan fingerprint density at radius 1 is 0.396 bits per heavy atom. The van der Waals surface area contributed by atoms with E-state index < -0.39 is 33.5 Å². The number of hydrogen-bond acceptors (Lipinski definition) is 9. The van der Waals surface area contributed by atoms with Crippen molar-refractivity contribution in [2.75, 3.05) is 9.80 Å². The maximum absolute atomic E-state index is 13.4. The number of ether oxygens (including phenoxy) is 1. The summed E-state index contributed by atoms with van der Waals surface area (Å²) >= 11 is 0. The van der Waals surface area contributed by atoms with Crippen molar-refractivity contribution in [2.45, 2.75) is 0 Å². The SMILES string of the molecule is O=C1c2ccc(-c3ccc([N+](=O)[O-])cc3)cc2C(=O)N1c1ccc(Oc2ccc(N3C(=O)c4ccc(-c5ccc([N+](=O)[O-])cc5)cc4C3=O)cc2)cc1. The molecule has 0 unspecified atom stereocenters. The lowest BCUT2D eigenvalue weighted by Gasteiger charge is -2.16. The number of carbonyl (C=O) groups excluding carboxylic acids is 4. The minimum Gasteiger partial charge on any atom is -0.457 e. The summed E-state index contributed by atoms with van der Waals surface area (Å²) in [6.07, 6.45) is 0. The van der Waals surface area contributed by atoms with Crippen molar-refractivity contribution in [1.29, 1.82) is 0 Å². The molecular formula is C40H22N4O9. The fraction of sp³-hybridized carbons (Fsp3) is 0. The Kier molecular flexibility index (Phi) is 7.65. The number of benzene rings is 6. The first kappa shape index (κ1) is 32.4. The highest BCUT2D eigenvalue weighted by molar-refractivity contribution is 6.35. The molecule has 2 aliphatic rings. The zero-order valence-electron chi connectivity index (χ0n) is 27.2. The molecule has 6 aromatic rings. The van der Waals surface area contributed by atoms with Gasteiger partial charge < -0.3 is 4.74 Å². The highest BCUT2D eigenvalue weighted by atomic mass is 16.6. The van der Waals surface area contributed by atoms with Crippen LogP contribution in [0.4, 0.5) is 22.7 Å². The van der Waals surface area contributed by atoms with E-state index in [0.29, 0.717) is 45.1 Å². The highest BCUT2D eigenvalue weighted by Crippen LogP contribution is 2.36. The van der Waals surface area contributed by atoms with Crippen LogP contribution in [0.25, 0.3) is 22.3 Å². The van der Waals surface area contributed by atoms with Gasteiger partial charge in [-0.05, 0) is 119 Å². The number of imide groups is 2. The molecule has 2 heterocycles. The fourth-order valence-electron chi connectivity index (χ4n) is 6.32. The summed E-state index contributed by atoms with van der Waals surface area (Å²) in [5, 5.41) is 22.0. The van der Waals surface area contributed by atoms with Gasteiger partial charge in [0, 0.05) is 24.3 Å². The van der Waals surface area contributed by atoms with Crippen LogP contribution in [0.1, 0.15) is 41.4 Å². The summed E-state index contributed by atoms with van der Waals surface area (Å²) < 4.78 is 5.96. The molecular weight excluding hydrogens is 680 g/mol. The highest BCUT2D eigenvalue weighted by Gasteiger charge is 2.38. The topological polar surface area (TPSA) is 170 Å². The van der Waals surface area contributed by atoms with E-state index in [1.165, 1.54) is 24.3 Å². The monoisotopic (exact) mass is 702 g/mol. The maximum atomic E-state index is 13.4. The average Bonchev–Trinajstić information content (AvgIpc) is 3.58. The van der Waals surface area contributed by atoms with Gasteiger partial charge in [0.1, 0.15) is 11.5 Å². The molecule has 256 valence electrons. The molecule has 0 N–H and O–H groups in total. The second-order valence-electron chi connectivity index (χ2n) is 12.1. The van der Waals surface area contributed by atoms with Crippen LogP contribution in [0, 0.1) is 20.2 Å². The average molecular weight is 703 g/mol. The molecule has 53 heavy (non-hydrogen) atoms. The van der Waals surface area contributed by atoms with Crippen LogP contribution >= 0.6 is 0 Å². The van der Waals surface area contributed by atoms with Gasteiger partial charge in [-0.1, -0.05) is 12.1 Å². The number of nitro benzene ring substituents is 2. The Hall–Kier alpha value is -7.80. The largest absolute Gasteiger partial charge is 0.457 e. The van der Waals surface area contributed by atoms with Gasteiger partial charge in [0.15, 0.2) is 0 Å². The predicted octanol–water partition coefficient (Wildman–Crippen LogP) is 8.23. The lowest BCUT2D eigenvalue weighted by atomic mass is 10.00. The minimum atomic E-state index is -0.506. The Morgan fingerprint density at radius 2 is 0.717 bits per heavy atom. The molecule has 2 aliphatic heterocycles. The Labute approximate surface area is 299 Å². The van der Waals surface area contributed by atoms with Crippen molar-refractivity contribution < 1.29 is 33.8 Å². The number of rotatable bonds is 8. The Balaban J connectivity index is 0.948. The number of amides is 4. The van der Waals surface area contributed by atoms with Crippen molar-refractivity contribution in [3.63, 3.8) is 0 Å². The van der Waals surface area contributed by atoms with Gasteiger partial charge in [-0.15, -0.1) is 0 Å². The van der Waals surface area contributed by atoms with Crippen LogP contribution in [-0.4, -0.2) is 33.5 Å². The summed E-state index contributed by atoms with van der Waals surface area (Å²) in [4.78, 5) is 76.5. The quantitative estimate of drug-likeness (QED) is 0.0861. The third kappa shape index (κ3) is 5.63. The molecule has 8 rings (SSSR count). The minimum absolute atomic E-state index is 0.0579. The van der Waals surface area contributed by atoms with Gasteiger partial charge in [-0.3, -0.25) is 39.4 Å². The van der Waals surface area contributed by atoms with Crippen LogP contribution in [0.2, 0.25) is 0 Å². The summed E-state index contributed by atoms with van der Waals surface area (Å²) in [5.74, 6) is -1.18. The van der Waals surface area contributed by atoms with Gasteiger partial charge in [0.25, 0.3) is 35.0 Å². The van der Waals surface area contributed by atoms with Crippen molar-refractivity contribution in [1.82, 2.24) is 0 Å². The van der Waals surface area contributed by atoms with Crippen LogP contribution in [0.5, 0.6) is 11.5 Å². The van der Waals surface area contributed by atoms with Gasteiger partial charge in [0.05, 0.1) is 43.5 Å². The first-order valence-electron chi connectivity index (χ1n) is 16.0. The molecule has 0 aliphatic carbocycles. The van der Waals surface area contributed by atoms with E-state index in [1.54, 1.807) is 109 Å². The second-order valence-corrected chi connectivity index (χ2v) is 12.1. The molecule has 0 fully saturated rings. The number of nitrogens with zero attached hydrogens (tertiary/aromatic N) is 4. The van der Waals surface area contributed by atoms with Crippen LogP contribution in [0.3, 0.4) is 0 Å². The second kappa shape index (κ2) is 12.5. The molecule has 0 spiro atoms. The lowest BCUT2D eigenvalue weighted by molar-refractivity contribution is -0.385. The number of hydrogen-bond donors (Lipinski definition) is 0. The van der Waals surface area contributed by atoms with Crippen molar-refractivity contribution >= 4 is 46.4 Å². The van der Waals surface area contributed by atoms with E-state index in [-0.39, 0.29) is 33.6 Å². The third-order valence-corrected chi connectivity index (χ3v) is 9.02. The number of nitro groups is 2. The summed E-state index contributed by atoms with van der Waals surface area (Å²) in [7, 11) is 0. The molecule has 0 saturated heterocycles. The van der Waals surface area contributed by atoms with E-state index in [2.05, 4.69) is 0 Å². The Morgan fingerprint density at radius 3 is 1.06 bits per heavy atom. The predicted molar refractivity (Wildman–Crippen MR) is 192 cm³/mol. The molecule has 13 heteroatoms. The molecule has 6 aromatic carbocycles. The number of carbonyl (C=O) groups is 4. The standard InChI is InChI=1S/C40H22N4O9/c45-37-33-19-5-25(23-1-7-29(8-2-23)43(49)50)21-35(33)39(47)41(37)27-11-15-31(16-12-27)53-32-17-13-28(14-18-32)42-38(46)34-20-6-26(22-36(34)40(42)48)24-3-9-30(10-4-24)44(51)52/h1-22H. The number of non-ortho nitro benzene ring substituents is 2. The van der Waals surface area contributed by atoms with E-state index in [0.717, 1.165) is 9.80 Å². The maximum Gasteiger partial charge on any atom is 0.269 e. The smallest absolute Gasteiger partial charge is 0.269 e. The molecule has 0 saturated carbocycles. The molecule has 0 aromatic heterocycles. The van der Waals surface area contributed by atoms with E-state index in [4.69, 9.17) is 4.74 Å². The summed E-state index contributed by atoms with van der Waals surface area (Å²) in [6.45, 7) is 0. The first-order chi connectivity index (χ1) is 25.6. The third-order valence-electron chi connectivity index (χ3n) is 9.02. The first-order valence-corrected chi connectivity index (χ1v) is 16.0. The van der Waals surface area contributed by atoms with Crippen molar-refractivity contribution in [2.24, 2.45) is 0 Å². The summed E-state index contributed by atoms with van der Waals surface area (Å²) in [5.41, 5.74) is 4.04. The number of anilines is 2. The van der Waals surface area contributed by atoms with Gasteiger partial charge in [-0.25, -0.2) is 9.80 Å². The molecule has 0 bridgehead atoms. The zero-order chi connectivity index (χ0) is 37.0. The molecule has 0 atom stereocenters. The van der Waals surface area contributed by atoms with Crippen molar-refractivity contribution in [3.8, 4) is 33.8 Å². The van der Waals surface area contributed by atoms with Gasteiger partial charge in [0.2, 0.25) is 0 Å². The lowest BCUT2D eigenvalue weighted by Crippen LogP contribution is -2.29. The number of fused-ring (bicyclic) bond motifs is 2. The van der Waals surface area contributed by atoms with Crippen LogP contribution < -0.4 is 14.5 Å². The zero-order valence-corrected chi connectivity index (χ0v) is 27.2.